The van der Waals surface area contributed by atoms with Gasteiger partial charge >= 0.3 is 5.97 Å². The molecule has 0 aromatic carbocycles. The van der Waals surface area contributed by atoms with Crippen LogP contribution in [-0.2, 0) is 4.79 Å². The number of nitrogens with two attached hydrogens (primary N) is 1. The SMILES string of the molecule is NC1(C(=O)O)CCC(C(O)CO)CC1. The summed E-state index contributed by atoms with van der Waals surface area (Å²) in [5, 5.41) is 26.9. The van der Waals surface area contributed by atoms with Gasteiger partial charge in [0, 0.05) is 0 Å². The van der Waals surface area contributed by atoms with Crippen LogP contribution >= 0.6 is 0 Å². The first-order valence-corrected chi connectivity index (χ1v) is 4.81. The standard InChI is InChI=1S/C9H17NO4/c10-9(8(13)14)3-1-6(2-4-9)7(12)5-11/h6-7,11-12H,1-5,10H2,(H,13,14). The largest absolute Gasteiger partial charge is 0.480 e. The summed E-state index contributed by atoms with van der Waals surface area (Å²) in [7, 11) is 0. The van der Waals surface area contributed by atoms with Crippen molar-refractivity contribution < 1.29 is 20.1 Å². The average molecular weight is 203 g/mol. The molecule has 82 valence electrons. The highest BCUT2D eigenvalue weighted by atomic mass is 16.4. The molecular formula is C9H17NO4. The lowest BCUT2D eigenvalue weighted by molar-refractivity contribution is -0.145. The van der Waals surface area contributed by atoms with Gasteiger partial charge in [-0.05, 0) is 31.6 Å². The summed E-state index contributed by atoms with van der Waals surface area (Å²) >= 11 is 0. The fraction of sp³-hybridized carbons (Fsp3) is 0.889. The number of hydrogen-bond acceptors (Lipinski definition) is 4. The second-order valence-electron chi connectivity index (χ2n) is 4.05. The number of carboxylic acids is 1. The second-order valence-corrected chi connectivity index (χ2v) is 4.05. The lowest BCUT2D eigenvalue weighted by atomic mass is 9.75. The molecule has 1 aliphatic rings. The predicted molar refractivity (Wildman–Crippen MR) is 49.6 cm³/mol. The van der Waals surface area contributed by atoms with Crippen molar-refractivity contribution in [3.8, 4) is 0 Å². The van der Waals surface area contributed by atoms with E-state index in [1.165, 1.54) is 0 Å². The highest BCUT2D eigenvalue weighted by Gasteiger charge is 2.39. The normalized spacial score (nSPS) is 35.2. The maximum atomic E-state index is 10.8. The fourth-order valence-corrected chi connectivity index (χ4v) is 1.90. The molecule has 5 heteroatoms. The Hall–Kier alpha value is -0.650. The molecule has 0 aromatic rings. The molecule has 0 bridgehead atoms. The van der Waals surface area contributed by atoms with Gasteiger partial charge in [0.2, 0.25) is 0 Å². The van der Waals surface area contributed by atoms with Crippen LogP contribution < -0.4 is 5.73 Å². The maximum absolute atomic E-state index is 10.8. The van der Waals surface area contributed by atoms with E-state index in [-0.39, 0.29) is 12.5 Å². The summed E-state index contributed by atoms with van der Waals surface area (Å²) in [6.45, 7) is -0.269. The smallest absolute Gasteiger partial charge is 0.323 e. The number of rotatable bonds is 3. The van der Waals surface area contributed by atoms with Gasteiger partial charge in [0.1, 0.15) is 5.54 Å². The molecule has 5 N–H and O–H groups in total. The molecule has 1 unspecified atom stereocenters. The van der Waals surface area contributed by atoms with Gasteiger partial charge in [-0.2, -0.15) is 0 Å². The van der Waals surface area contributed by atoms with E-state index < -0.39 is 17.6 Å². The van der Waals surface area contributed by atoms with Crippen LogP contribution in [0.4, 0.5) is 0 Å². The summed E-state index contributed by atoms with van der Waals surface area (Å²) < 4.78 is 0. The third-order valence-electron chi connectivity index (χ3n) is 3.08. The van der Waals surface area contributed by atoms with Crippen LogP contribution in [0.1, 0.15) is 25.7 Å². The molecule has 0 amide bonds. The Bertz CT molecular complexity index is 211. The molecule has 1 fully saturated rings. The predicted octanol–water partition coefficient (Wildman–Crippen LogP) is -0.688. The van der Waals surface area contributed by atoms with Gasteiger partial charge in [-0.1, -0.05) is 0 Å². The lowest BCUT2D eigenvalue weighted by Crippen LogP contribution is -2.51. The summed E-state index contributed by atoms with van der Waals surface area (Å²) in [5.41, 5.74) is 4.53. The van der Waals surface area contributed by atoms with Gasteiger partial charge in [-0.25, -0.2) is 0 Å². The highest BCUT2D eigenvalue weighted by molar-refractivity contribution is 5.78. The topological polar surface area (TPSA) is 104 Å². The van der Waals surface area contributed by atoms with Gasteiger partial charge in [0.05, 0.1) is 12.7 Å². The molecule has 1 aliphatic carbocycles. The van der Waals surface area contributed by atoms with Crippen LogP contribution in [0.15, 0.2) is 0 Å². The van der Waals surface area contributed by atoms with Crippen molar-refractivity contribution in [1.29, 1.82) is 0 Å². The number of hydrogen-bond donors (Lipinski definition) is 4. The van der Waals surface area contributed by atoms with Crippen molar-refractivity contribution in [1.82, 2.24) is 0 Å². The van der Waals surface area contributed by atoms with Gasteiger partial charge in [0.15, 0.2) is 0 Å². The third kappa shape index (κ3) is 2.23. The molecule has 0 aliphatic heterocycles. The fourth-order valence-electron chi connectivity index (χ4n) is 1.90. The first kappa shape index (κ1) is 11.4. The van der Waals surface area contributed by atoms with Crippen molar-refractivity contribution in [2.75, 3.05) is 6.61 Å². The molecule has 5 nitrogen and oxygen atoms in total. The Morgan fingerprint density at radius 3 is 2.36 bits per heavy atom. The van der Waals surface area contributed by atoms with Crippen molar-refractivity contribution >= 4 is 5.97 Å². The van der Waals surface area contributed by atoms with E-state index in [2.05, 4.69) is 0 Å². The molecule has 1 saturated carbocycles. The van der Waals surface area contributed by atoms with Gasteiger partial charge in [-0.3, -0.25) is 4.79 Å². The number of carboxylic acid groups (broad SMARTS) is 1. The van der Waals surface area contributed by atoms with E-state index in [9.17, 15) is 9.90 Å². The highest BCUT2D eigenvalue weighted by Crippen LogP contribution is 2.32. The Morgan fingerprint density at radius 1 is 1.50 bits per heavy atom. The minimum atomic E-state index is -1.13. The van der Waals surface area contributed by atoms with Crippen LogP contribution in [0.2, 0.25) is 0 Å². The first-order chi connectivity index (χ1) is 6.49. The molecular weight excluding hydrogens is 186 g/mol. The van der Waals surface area contributed by atoms with Crippen LogP contribution in [0, 0.1) is 5.92 Å². The summed E-state index contributed by atoms with van der Waals surface area (Å²) in [5.74, 6) is -0.995. The first-order valence-electron chi connectivity index (χ1n) is 4.81. The molecule has 0 spiro atoms. The molecule has 1 atom stereocenters. The summed E-state index contributed by atoms with van der Waals surface area (Å²) in [4.78, 5) is 10.8. The Labute approximate surface area is 82.5 Å². The zero-order valence-corrected chi connectivity index (χ0v) is 8.02. The number of aliphatic hydroxyl groups excluding tert-OH is 2. The van der Waals surface area contributed by atoms with Crippen LogP contribution in [-0.4, -0.2) is 39.5 Å². The zero-order valence-electron chi connectivity index (χ0n) is 8.02. The van der Waals surface area contributed by atoms with Crippen LogP contribution in [0.25, 0.3) is 0 Å². The Morgan fingerprint density at radius 2 is 2.00 bits per heavy atom. The average Bonchev–Trinajstić information content (AvgIpc) is 2.17. The minimum absolute atomic E-state index is 0.0176. The molecule has 0 aromatic heterocycles. The summed E-state index contributed by atoms with van der Waals surface area (Å²) in [6.07, 6.45) is 1.11. The van der Waals surface area contributed by atoms with E-state index >= 15 is 0 Å². The summed E-state index contributed by atoms with van der Waals surface area (Å²) in [6, 6.07) is 0. The number of carbonyl (C=O) groups is 1. The van der Waals surface area contributed by atoms with Gasteiger partial charge < -0.3 is 21.1 Å². The van der Waals surface area contributed by atoms with Crippen LogP contribution in [0.3, 0.4) is 0 Å². The molecule has 1 rings (SSSR count). The van der Waals surface area contributed by atoms with Crippen molar-refractivity contribution in [3.05, 3.63) is 0 Å². The third-order valence-corrected chi connectivity index (χ3v) is 3.08. The Balaban J connectivity index is 2.49. The van der Waals surface area contributed by atoms with Crippen molar-refractivity contribution in [2.24, 2.45) is 11.7 Å². The van der Waals surface area contributed by atoms with E-state index in [0.717, 1.165) is 0 Å². The number of aliphatic carboxylic acids is 1. The zero-order chi connectivity index (χ0) is 10.8. The molecule has 0 heterocycles. The van der Waals surface area contributed by atoms with Crippen molar-refractivity contribution in [2.45, 2.75) is 37.3 Å². The second kappa shape index (κ2) is 4.25. The maximum Gasteiger partial charge on any atom is 0.323 e. The quantitative estimate of drug-likeness (QED) is 0.486. The van der Waals surface area contributed by atoms with E-state index in [1.807, 2.05) is 0 Å². The molecule has 0 radical (unpaired) electrons. The molecule has 14 heavy (non-hydrogen) atoms. The Kier molecular flexibility index (Phi) is 3.47. The van der Waals surface area contributed by atoms with E-state index in [1.54, 1.807) is 0 Å². The minimum Gasteiger partial charge on any atom is -0.480 e. The van der Waals surface area contributed by atoms with E-state index in [4.69, 9.17) is 15.9 Å². The lowest BCUT2D eigenvalue weighted by Gasteiger charge is -2.35. The van der Waals surface area contributed by atoms with Crippen molar-refractivity contribution in [3.63, 3.8) is 0 Å². The van der Waals surface area contributed by atoms with E-state index in [0.29, 0.717) is 25.7 Å². The van der Waals surface area contributed by atoms with Gasteiger partial charge in [0.25, 0.3) is 0 Å². The number of aliphatic hydroxyl groups is 2. The van der Waals surface area contributed by atoms with Crippen LogP contribution in [0.5, 0.6) is 0 Å². The molecule has 0 saturated heterocycles. The van der Waals surface area contributed by atoms with Gasteiger partial charge in [-0.15, -0.1) is 0 Å². The monoisotopic (exact) mass is 203 g/mol.